The molecule has 1 aliphatic carbocycles. The molecule has 0 radical (unpaired) electrons. The molecule has 1 aromatic rings. The summed E-state index contributed by atoms with van der Waals surface area (Å²) in [6, 6.07) is 2.15. The average molecular weight is 261 g/mol. The molecule has 2 heterocycles. The van der Waals surface area contributed by atoms with E-state index in [-0.39, 0.29) is 5.91 Å². The summed E-state index contributed by atoms with van der Waals surface area (Å²) in [6.07, 6.45) is 3.65. The Morgan fingerprint density at radius 1 is 1.26 bits per heavy atom. The molecule has 1 saturated carbocycles. The fourth-order valence-corrected chi connectivity index (χ4v) is 2.17. The standard InChI is InChI=1S/C13H19N5O/c1-17-4-6-18(7-5-17)12-8-11(14-9-15-12)13(19)16-10-2-3-10/h8-10H,2-7H2,1H3,(H,16,19). The van der Waals surface area contributed by atoms with E-state index in [1.54, 1.807) is 6.07 Å². The van der Waals surface area contributed by atoms with Crippen LogP contribution < -0.4 is 10.2 Å². The zero-order chi connectivity index (χ0) is 13.2. The van der Waals surface area contributed by atoms with E-state index >= 15 is 0 Å². The van der Waals surface area contributed by atoms with Crippen LogP contribution in [0.3, 0.4) is 0 Å². The van der Waals surface area contributed by atoms with Crippen LogP contribution in [0.25, 0.3) is 0 Å². The van der Waals surface area contributed by atoms with Crippen molar-refractivity contribution in [1.29, 1.82) is 0 Å². The second-order valence-corrected chi connectivity index (χ2v) is 5.30. The number of nitrogens with one attached hydrogen (secondary N) is 1. The van der Waals surface area contributed by atoms with Crippen LogP contribution in [0, 0.1) is 0 Å². The maximum absolute atomic E-state index is 12.0. The van der Waals surface area contributed by atoms with Crippen LogP contribution in [-0.2, 0) is 0 Å². The summed E-state index contributed by atoms with van der Waals surface area (Å²) in [4.78, 5) is 24.8. The molecule has 0 aromatic carbocycles. The van der Waals surface area contributed by atoms with Crippen LogP contribution in [0.4, 0.5) is 5.82 Å². The molecule has 3 rings (SSSR count). The summed E-state index contributed by atoms with van der Waals surface area (Å²) >= 11 is 0. The molecule has 2 fully saturated rings. The van der Waals surface area contributed by atoms with Crippen molar-refractivity contribution < 1.29 is 4.79 Å². The van der Waals surface area contributed by atoms with Gasteiger partial charge in [-0.15, -0.1) is 0 Å². The van der Waals surface area contributed by atoms with E-state index < -0.39 is 0 Å². The maximum atomic E-state index is 12.0. The van der Waals surface area contributed by atoms with Gasteiger partial charge in [-0.05, 0) is 19.9 Å². The molecule has 19 heavy (non-hydrogen) atoms. The molecule has 1 N–H and O–H groups in total. The summed E-state index contributed by atoms with van der Waals surface area (Å²) < 4.78 is 0. The van der Waals surface area contributed by atoms with Crippen molar-refractivity contribution in [2.24, 2.45) is 0 Å². The van der Waals surface area contributed by atoms with Crippen molar-refractivity contribution in [3.63, 3.8) is 0 Å². The van der Waals surface area contributed by atoms with E-state index in [4.69, 9.17) is 0 Å². The largest absolute Gasteiger partial charge is 0.354 e. The van der Waals surface area contributed by atoms with Gasteiger partial charge in [0.25, 0.3) is 5.91 Å². The molecule has 0 unspecified atom stereocenters. The Kier molecular flexibility index (Phi) is 3.33. The minimum absolute atomic E-state index is 0.0831. The predicted molar refractivity (Wildman–Crippen MR) is 72.2 cm³/mol. The van der Waals surface area contributed by atoms with Gasteiger partial charge < -0.3 is 15.1 Å². The SMILES string of the molecule is CN1CCN(c2cc(C(=O)NC3CC3)ncn2)CC1. The first kappa shape index (κ1) is 12.3. The summed E-state index contributed by atoms with van der Waals surface area (Å²) in [5.74, 6) is 0.768. The van der Waals surface area contributed by atoms with Crippen LogP contribution in [0.2, 0.25) is 0 Å². The van der Waals surface area contributed by atoms with Gasteiger partial charge in [0.2, 0.25) is 0 Å². The van der Waals surface area contributed by atoms with Gasteiger partial charge in [0, 0.05) is 38.3 Å². The lowest BCUT2D eigenvalue weighted by atomic mass is 10.3. The first-order valence-electron chi connectivity index (χ1n) is 6.79. The van der Waals surface area contributed by atoms with Crippen LogP contribution in [-0.4, -0.2) is 60.0 Å². The van der Waals surface area contributed by atoms with Crippen molar-refractivity contribution in [1.82, 2.24) is 20.2 Å². The number of amides is 1. The van der Waals surface area contributed by atoms with Crippen molar-refractivity contribution in [3.8, 4) is 0 Å². The number of rotatable bonds is 3. The second-order valence-electron chi connectivity index (χ2n) is 5.30. The van der Waals surface area contributed by atoms with Crippen LogP contribution in [0.1, 0.15) is 23.3 Å². The van der Waals surface area contributed by atoms with E-state index in [1.165, 1.54) is 6.33 Å². The minimum atomic E-state index is -0.0831. The predicted octanol–water partition coefficient (Wildman–Crippen LogP) is 0.121. The molecule has 102 valence electrons. The molecule has 1 aliphatic heterocycles. The number of piperazine rings is 1. The molecule has 6 heteroatoms. The van der Waals surface area contributed by atoms with E-state index in [2.05, 4.69) is 32.1 Å². The first-order valence-corrected chi connectivity index (χ1v) is 6.79. The Bertz CT molecular complexity index is 466. The average Bonchev–Trinajstić information content (AvgIpc) is 3.24. The summed E-state index contributed by atoms with van der Waals surface area (Å²) in [5, 5.41) is 2.95. The summed E-state index contributed by atoms with van der Waals surface area (Å²) in [6.45, 7) is 3.93. The number of nitrogens with zero attached hydrogens (tertiary/aromatic N) is 4. The van der Waals surface area contributed by atoms with E-state index in [0.29, 0.717) is 11.7 Å². The van der Waals surface area contributed by atoms with Crippen LogP contribution >= 0.6 is 0 Å². The Hall–Kier alpha value is -1.69. The number of anilines is 1. The fourth-order valence-electron chi connectivity index (χ4n) is 2.17. The van der Waals surface area contributed by atoms with Crippen LogP contribution in [0.15, 0.2) is 12.4 Å². The van der Waals surface area contributed by atoms with E-state index in [9.17, 15) is 4.79 Å². The zero-order valence-electron chi connectivity index (χ0n) is 11.2. The molecular formula is C13H19N5O. The molecule has 6 nitrogen and oxygen atoms in total. The number of likely N-dealkylation sites (N-methyl/N-ethyl adjacent to an activating group) is 1. The van der Waals surface area contributed by atoms with Gasteiger partial charge in [-0.25, -0.2) is 9.97 Å². The number of hydrogen-bond acceptors (Lipinski definition) is 5. The zero-order valence-corrected chi connectivity index (χ0v) is 11.2. The fraction of sp³-hybridized carbons (Fsp3) is 0.615. The Labute approximate surface area is 112 Å². The Morgan fingerprint density at radius 3 is 2.68 bits per heavy atom. The normalized spacial score (nSPS) is 20.4. The highest BCUT2D eigenvalue weighted by atomic mass is 16.2. The molecule has 2 aliphatic rings. The topological polar surface area (TPSA) is 61.4 Å². The minimum Gasteiger partial charge on any atom is -0.354 e. The van der Waals surface area contributed by atoms with Gasteiger partial charge in [0.1, 0.15) is 17.8 Å². The molecule has 1 saturated heterocycles. The van der Waals surface area contributed by atoms with Gasteiger partial charge in [-0.1, -0.05) is 0 Å². The lowest BCUT2D eigenvalue weighted by molar-refractivity contribution is 0.0946. The van der Waals surface area contributed by atoms with Gasteiger partial charge in [0.15, 0.2) is 0 Å². The second kappa shape index (κ2) is 5.13. The van der Waals surface area contributed by atoms with E-state index in [0.717, 1.165) is 44.8 Å². The highest BCUT2D eigenvalue weighted by Crippen LogP contribution is 2.19. The smallest absolute Gasteiger partial charge is 0.270 e. The highest BCUT2D eigenvalue weighted by Gasteiger charge is 2.25. The number of carbonyl (C=O) groups is 1. The summed E-state index contributed by atoms with van der Waals surface area (Å²) in [5.41, 5.74) is 0.468. The molecule has 1 aromatic heterocycles. The highest BCUT2D eigenvalue weighted by molar-refractivity contribution is 5.93. The molecular weight excluding hydrogens is 242 g/mol. The van der Waals surface area contributed by atoms with Crippen molar-refractivity contribution in [2.45, 2.75) is 18.9 Å². The van der Waals surface area contributed by atoms with E-state index in [1.807, 2.05) is 0 Å². The lowest BCUT2D eigenvalue weighted by Crippen LogP contribution is -2.45. The lowest BCUT2D eigenvalue weighted by Gasteiger charge is -2.33. The van der Waals surface area contributed by atoms with Crippen molar-refractivity contribution in [3.05, 3.63) is 18.1 Å². The van der Waals surface area contributed by atoms with Crippen molar-refractivity contribution >= 4 is 11.7 Å². The number of hydrogen-bond donors (Lipinski definition) is 1. The third-order valence-corrected chi connectivity index (χ3v) is 3.63. The van der Waals surface area contributed by atoms with Gasteiger partial charge in [-0.3, -0.25) is 4.79 Å². The molecule has 0 spiro atoms. The molecule has 0 atom stereocenters. The number of carbonyl (C=O) groups excluding carboxylic acids is 1. The maximum Gasteiger partial charge on any atom is 0.270 e. The van der Waals surface area contributed by atoms with Gasteiger partial charge in [-0.2, -0.15) is 0 Å². The Balaban J connectivity index is 1.70. The van der Waals surface area contributed by atoms with Crippen LogP contribution in [0.5, 0.6) is 0 Å². The van der Waals surface area contributed by atoms with Gasteiger partial charge >= 0.3 is 0 Å². The monoisotopic (exact) mass is 261 g/mol. The van der Waals surface area contributed by atoms with Crippen molar-refractivity contribution in [2.75, 3.05) is 38.1 Å². The Morgan fingerprint density at radius 2 is 2.00 bits per heavy atom. The number of aromatic nitrogens is 2. The quantitative estimate of drug-likeness (QED) is 0.837. The molecule has 1 amide bonds. The van der Waals surface area contributed by atoms with Gasteiger partial charge in [0.05, 0.1) is 0 Å². The first-order chi connectivity index (χ1) is 9.22. The third kappa shape index (κ3) is 3.01. The third-order valence-electron chi connectivity index (χ3n) is 3.63. The summed E-state index contributed by atoms with van der Waals surface area (Å²) in [7, 11) is 2.12. The molecule has 0 bridgehead atoms.